The van der Waals surface area contributed by atoms with Gasteiger partial charge in [-0.25, -0.2) is 9.18 Å². The molecule has 3 rings (SSSR count). The van der Waals surface area contributed by atoms with Gasteiger partial charge in [0, 0.05) is 5.56 Å². The Morgan fingerprint density at radius 3 is 2.72 bits per heavy atom. The van der Waals surface area contributed by atoms with Gasteiger partial charge in [-0.3, -0.25) is 9.30 Å². The fraction of sp³-hybridized carbons (Fsp3) is 0.300. The predicted molar refractivity (Wildman–Crippen MR) is 103 cm³/mol. The van der Waals surface area contributed by atoms with E-state index in [9.17, 15) is 14.4 Å². The number of pyridine rings is 1. The third-order valence-corrected chi connectivity index (χ3v) is 4.06. The summed E-state index contributed by atoms with van der Waals surface area (Å²) in [5.41, 5.74) is -0.0162. The highest BCUT2D eigenvalue weighted by molar-refractivity contribution is 5.87. The Bertz CT molecular complexity index is 1100. The number of amides is 1. The van der Waals surface area contributed by atoms with Crippen molar-refractivity contribution in [1.29, 1.82) is 5.26 Å². The van der Waals surface area contributed by atoms with E-state index < -0.39 is 17.5 Å². The molecule has 2 aromatic heterocycles. The van der Waals surface area contributed by atoms with Crippen molar-refractivity contribution < 1.29 is 18.7 Å². The van der Waals surface area contributed by atoms with Gasteiger partial charge >= 0.3 is 6.09 Å². The number of ether oxygens (including phenoxy) is 2. The number of aromatic nitrogens is 3. The SMILES string of the molecule is COc1cccc(F)c1CN(C(=O)OC(C)(C)C)c1ccc(C#N)c2nncn12. The minimum Gasteiger partial charge on any atom is -0.496 e. The largest absolute Gasteiger partial charge is 0.496 e. The maximum absolute atomic E-state index is 14.6. The fourth-order valence-corrected chi connectivity index (χ4v) is 2.80. The van der Waals surface area contributed by atoms with Gasteiger partial charge in [0.05, 0.1) is 19.2 Å². The van der Waals surface area contributed by atoms with Crippen LogP contribution in [0.4, 0.5) is 15.0 Å². The molecule has 0 saturated carbocycles. The number of fused-ring (bicyclic) bond motifs is 1. The van der Waals surface area contributed by atoms with Crippen molar-refractivity contribution in [3.63, 3.8) is 0 Å². The molecule has 8 nitrogen and oxygen atoms in total. The van der Waals surface area contributed by atoms with Crippen LogP contribution in [0.1, 0.15) is 31.9 Å². The van der Waals surface area contributed by atoms with Gasteiger partial charge in [-0.2, -0.15) is 5.26 Å². The highest BCUT2D eigenvalue weighted by Crippen LogP contribution is 2.28. The number of nitriles is 1. The average Bonchev–Trinajstić information content (AvgIpc) is 3.15. The van der Waals surface area contributed by atoms with Crippen LogP contribution in [0, 0.1) is 17.1 Å². The molecule has 9 heteroatoms. The van der Waals surface area contributed by atoms with Crippen molar-refractivity contribution in [2.24, 2.45) is 0 Å². The third kappa shape index (κ3) is 4.11. The fourth-order valence-electron chi connectivity index (χ4n) is 2.80. The van der Waals surface area contributed by atoms with Crippen LogP contribution in [0.15, 0.2) is 36.7 Å². The van der Waals surface area contributed by atoms with Crippen molar-refractivity contribution in [2.45, 2.75) is 32.9 Å². The Balaban J connectivity index is 2.14. The van der Waals surface area contributed by atoms with Gasteiger partial charge in [-0.05, 0) is 45.0 Å². The first kappa shape index (κ1) is 20.1. The Morgan fingerprint density at radius 1 is 1.31 bits per heavy atom. The topological polar surface area (TPSA) is 92.7 Å². The van der Waals surface area contributed by atoms with Gasteiger partial charge in [0.15, 0.2) is 5.65 Å². The molecule has 0 aliphatic carbocycles. The van der Waals surface area contributed by atoms with E-state index in [4.69, 9.17) is 9.47 Å². The number of hydrogen-bond donors (Lipinski definition) is 0. The van der Waals surface area contributed by atoms with E-state index in [1.165, 1.54) is 40.9 Å². The predicted octanol–water partition coefficient (Wildman–Crippen LogP) is 3.69. The molecule has 2 heterocycles. The van der Waals surface area contributed by atoms with Crippen molar-refractivity contribution in [3.8, 4) is 11.8 Å². The number of halogens is 1. The zero-order valence-electron chi connectivity index (χ0n) is 16.5. The van der Waals surface area contributed by atoms with Crippen molar-refractivity contribution >= 4 is 17.6 Å². The molecule has 3 aromatic rings. The number of methoxy groups -OCH3 is 1. The zero-order valence-corrected chi connectivity index (χ0v) is 16.5. The lowest BCUT2D eigenvalue weighted by Gasteiger charge is -2.28. The van der Waals surface area contributed by atoms with Gasteiger partial charge in [0.2, 0.25) is 0 Å². The molecule has 0 aliphatic heterocycles. The summed E-state index contributed by atoms with van der Waals surface area (Å²) in [6.45, 7) is 5.05. The van der Waals surface area contributed by atoms with Crippen LogP contribution in [0.3, 0.4) is 0 Å². The first-order chi connectivity index (χ1) is 13.7. The second-order valence-corrected chi connectivity index (χ2v) is 7.23. The number of carbonyl (C=O) groups is 1. The normalized spacial score (nSPS) is 11.2. The molecule has 0 spiro atoms. The molecule has 0 aliphatic rings. The summed E-state index contributed by atoms with van der Waals surface area (Å²) in [6, 6.07) is 9.54. The highest BCUT2D eigenvalue weighted by Gasteiger charge is 2.28. The highest BCUT2D eigenvalue weighted by atomic mass is 19.1. The molecule has 0 radical (unpaired) electrons. The van der Waals surface area contributed by atoms with Crippen LogP contribution >= 0.6 is 0 Å². The smallest absolute Gasteiger partial charge is 0.416 e. The molecule has 0 N–H and O–H groups in total. The lowest BCUT2D eigenvalue weighted by atomic mass is 10.1. The minimum atomic E-state index is -0.770. The number of carbonyl (C=O) groups excluding carboxylic acids is 1. The number of nitrogens with zero attached hydrogens (tertiary/aromatic N) is 5. The summed E-state index contributed by atoms with van der Waals surface area (Å²) in [4.78, 5) is 14.3. The molecule has 150 valence electrons. The lowest BCUT2D eigenvalue weighted by Crippen LogP contribution is -2.37. The zero-order chi connectivity index (χ0) is 21.2. The maximum atomic E-state index is 14.6. The Labute approximate surface area is 167 Å². The Morgan fingerprint density at radius 2 is 2.07 bits per heavy atom. The standard InChI is InChI=1S/C20H20FN5O3/c1-20(2,3)29-19(27)25(11-14-15(21)6-5-7-16(14)28-4)17-9-8-13(10-22)18-24-23-12-26(17)18/h5-9,12H,11H2,1-4H3. The molecule has 0 atom stereocenters. The number of benzene rings is 1. The second-order valence-electron chi connectivity index (χ2n) is 7.23. The van der Waals surface area contributed by atoms with E-state index in [0.717, 1.165) is 0 Å². The summed E-state index contributed by atoms with van der Waals surface area (Å²) < 4.78 is 26.8. The Hall–Kier alpha value is -3.67. The molecule has 0 saturated heterocycles. The first-order valence-corrected chi connectivity index (χ1v) is 8.80. The summed E-state index contributed by atoms with van der Waals surface area (Å²) in [6.07, 6.45) is 0.684. The minimum absolute atomic E-state index is 0.163. The maximum Gasteiger partial charge on any atom is 0.416 e. The van der Waals surface area contributed by atoms with Gasteiger partial charge in [0.1, 0.15) is 35.4 Å². The first-order valence-electron chi connectivity index (χ1n) is 8.80. The second kappa shape index (κ2) is 7.75. The van der Waals surface area contributed by atoms with E-state index in [1.54, 1.807) is 32.9 Å². The van der Waals surface area contributed by atoms with Gasteiger partial charge in [-0.15, -0.1) is 10.2 Å². The summed E-state index contributed by atoms with van der Waals surface area (Å²) in [5, 5.41) is 17.1. The van der Waals surface area contributed by atoms with E-state index in [2.05, 4.69) is 10.2 Å². The molecule has 0 bridgehead atoms. The van der Waals surface area contributed by atoms with Crippen molar-refractivity contribution in [3.05, 3.63) is 53.6 Å². The molecule has 29 heavy (non-hydrogen) atoms. The van der Waals surface area contributed by atoms with Crippen LogP contribution < -0.4 is 9.64 Å². The molecular formula is C20H20FN5O3. The van der Waals surface area contributed by atoms with Gasteiger partial charge in [0.25, 0.3) is 0 Å². The number of hydrogen-bond acceptors (Lipinski definition) is 6. The molecular weight excluding hydrogens is 377 g/mol. The number of rotatable bonds is 4. The van der Waals surface area contributed by atoms with E-state index in [-0.39, 0.29) is 17.8 Å². The lowest BCUT2D eigenvalue weighted by molar-refractivity contribution is 0.0575. The van der Waals surface area contributed by atoms with Crippen molar-refractivity contribution in [1.82, 2.24) is 14.6 Å². The third-order valence-electron chi connectivity index (χ3n) is 4.06. The summed E-state index contributed by atoms with van der Waals surface area (Å²) in [7, 11) is 1.43. The average molecular weight is 397 g/mol. The molecule has 1 amide bonds. The van der Waals surface area contributed by atoms with Gasteiger partial charge in [-0.1, -0.05) is 6.07 Å². The van der Waals surface area contributed by atoms with Crippen molar-refractivity contribution in [2.75, 3.05) is 12.0 Å². The van der Waals surface area contributed by atoms with Crippen LogP contribution in [0.2, 0.25) is 0 Å². The van der Waals surface area contributed by atoms with Crippen LogP contribution in [-0.2, 0) is 11.3 Å². The molecule has 0 fully saturated rings. The summed E-state index contributed by atoms with van der Waals surface area (Å²) >= 11 is 0. The van der Waals surface area contributed by atoms with Crippen LogP contribution in [-0.4, -0.2) is 33.4 Å². The monoisotopic (exact) mass is 397 g/mol. The van der Waals surface area contributed by atoms with E-state index in [1.807, 2.05) is 6.07 Å². The van der Waals surface area contributed by atoms with Gasteiger partial charge < -0.3 is 9.47 Å². The summed E-state index contributed by atoms with van der Waals surface area (Å²) in [5.74, 6) is 0.0994. The molecule has 0 unspecified atom stereocenters. The van der Waals surface area contributed by atoms with Crippen LogP contribution in [0.5, 0.6) is 5.75 Å². The quantitative estimate of drug-likeness (QED) is 0.667. The van der Waals surface area contributed by atoms with E-state index in [0.29, 0.717) is 17.1 Å². The van der Waals surface area contributed by atoms with E-state index >= 15 is 0 Å². The Kier molecular flexibility index (Phi) is 5.37. The molecule has 1 aromatic carbocycles. The number of anilines is 1. The van der Waals surface area contributed by atoms with Crippen LogP contribution in [0.25, 0.3) is 5.65 Å².